The number of aryl methyl sites for hydroxylation is 2. The smallest absolute Gasteiger partial charge is 0.335 e. The van der Waals surface area contributed by atoms with E-state index in [0.717, 1.165) is 11.1 Å². The third-order valence-corrected chi connectivity index (χ3v) is 12.4. The van der Waals surface area contributed by atoms with Crippen LogP contribution in [0.4, 0.5) is 0 Å². The number of sulfone groups is 2. The van der Waals surface area contributed by atoms with E-state index < -0.39 is 66.6 Å². The predicted octanol–water partition coefficient (Wildman–Crippen LogP) is 2.84. The van der Waals surface area contributed by atoms with Crippen molar-refractivity contribution < 1.29 is 64.6 Å². The minimum absolute atomic E-state index is 0.0202. The molecule has 0 saturated carbocycles. The lowest BCUT2D eigenvalue weighted by Crippen LogP contribution is -2.32. The van der Waals surface area contributed by atoms with Gasteiger partial charge in [-0.25, -0.2) is 21.6 Å². The number of nitrogens with one attached hydrogen (secondary N) is 1. The minimum Gasteiger partial charge on any atom is -0.378 e. The summed E-state index contributed by atoms with van der Waals surface area (Å²) in [5.74, 6) is -5.82. The van der Waals surface area contributed by atoms with Gasteiger partial charge >= 0.3 is 5.97 Å². The van der Waals surface area contributed by atoms with E-state index in [4.69, 9.17) is 23.8 Å². The standard InChI is InChI=1S/C40H48N2O14S2/c1-29-3-11-34(12-4-29)57(48,49)27-33(28-58(50,51)35-13-5-30(2)6-14-35)39(46)31-7-9-32(10-8-31)40(47)41-18-20-53-22-24-55-26-25-54-23-21-52-19-17-38(45)56-42-36(43)15-16-37(42)44/h3-14,33H,15-28H2,1-2H3,(H,41,47). The molecule has 1 aliphatic rings. The van der Waals surface area contributed by atoms with Crippen LogP contribution in [0.1, 0.15) is 51.1 Å². The average molecular weight is 845 g/mol. The van der Waals surface area contributed by atoms with E-state index in [9.17, 15) is 40.8 Å². The third-order valence-electron chi connectivity index (χ3n) is 8.70. The Labute approximate surface area is 337 Å². The second-order valence-electron chi connectivity index (χ2n) is 13.3. The molecule has 1 fully saturated rings. The number of carbonyl (C=O) groups is 5. The van der Waals surface area contributed by atoms with Crippen molar-refractivity contribution >= 4 is 49.1 Å². The van der Waals surface area contributed by atoms with Crippen molar-refractivity contribution in [2.45, 2.75) is 42.9 Å². The summed E-state index contributed by atoms with van der Waals surface area (Å²) in [6.45, 7) is 5.65. The Balaban J connectivity index is 1.13. The quantitative estimate of drug-likeness (QED) is 0.0738. The average Bonchev–Trinajstić information content (AvgIpc) is 3.51. The molecule has 314 valence electrons. The van der Waals surface area contributed by atoms with Gasteiger partial charge in [0.15, 0.2) is 25.5 Å². The van der Waals surface area contributed by atoms with Crippen LogP contribution in [0.15, 0.2) is 82.6 Å². The highest BCUT2D eigenvalue weighted by atomic mass is 32.2. The molecule has 0 atom stereocenters. The minimum atomic E-state index is -4.05. The summed E-state index contributed by atoms with van der Waals surface area (Å²) >= 11 is 0. The van der Waals surface area contributed by atoms with Gasteiger partial charge in [-0.05, 0) is 50.2 Å². The molecule has 4 rings (SSSR count). The zero-order valence-electron chi connectivity index (χ0n) is 32.4. The second-order valence-corrected chi connectivity index (χ2v) is 17.4. The first kappa shape index (κ1) is 45.8. The summed E-state index contributed by atoms with van der Waals surface area (Å²) in [7, 11) is -8.10. The Morgan fingerprint density at radius 2 is 1.02 bits per heavy atom. The molecule has 1 N–H and O–H groups in total. The lowest BCUT2D eigenvalue weighted by Gasteiger charge is -2.17. The number of hydrogen-bond donors (Lipinski definition) is 1. The van der Waals surface area contributed by atoms with Gasteiger partial charge < -0.3 is 29.1 Å². The number of carbonyl (C=O) groups excluding carboxylic acids is 5. The first-order chi connectivity index (χ1) is 27.7. The maximum absolute atomic E-state index is 13.7. The SMILES string of the molecule is Cc1ccc(S(=O)(=O)CC(CS(=O)(=O)c2ccc(C)cc2)C(=O)c2ccc(C(=O)NCCOCCOCCOCCOCCC(=O)ON3C(=O)CCC3=O)cc2)cc1. The van der Waals surface area contributed by atoms with Gasteiger partial charge in [0.1, 0.15) is 0 Å². The lowest BCUT2D eigenvalue weighted by molar-refractivity contribution is -0.198. The molecular formula is C40H48N2O14S2. The van der Waals surface area contributed by atoms with E-state index in [1.54, 1.807) is 38.1 Å². The highest BCUT2D eigenvalue weighted by Gasteiger charge is 2.34. The van der Waals surface area contributed by atoms with Crippen LogP contribution >= 0.6 is 0 Å². The van der Waals surface area contributed by atoms with Crippen LogP contribution in [0.3, 0.4) is 0 Å². The van der Waals surface area contributed by atoms with Gasteiger partial charge in [0.05, 0.1) is 86.5 Å². The van der Waals surface area contributed by atoms with Crippen molar-refractivity contribution in [3.8, 4) is 0 Å². The number of nitrogens with zero attached hydrogens (tertiary/aromatic N) is 1. The van der Waals surface area contributed by atoms with E-state index >= 15 is 0 Å². The molecule has 1 heterocycles. The summed E-state index contributed by atoms with van der Waals surface area (Å²) in [4.78, 5) is 65.8. The summed E-state index contributed by atoms with van der Waals surface area (Å²) < 4.78 is 75.1. The van der Waals surface area contributed by atoms with E-state index in [1.807, 2.05) is 0 Å². The lowest BCUT2D eigenvalue weighted by atomic mass is 9.99. The van der Waals surface area contributed by atoms with Crippen molar-refractivity contribution in [1.82, 2.24) is 10.4 Å². The van der Waals surface area contributed by atoms with E-state index in [0.29, 0.717) is 18.3 Å². The number of hydroxylamine groups is 2. The molecule has 3 amide bonds. The number of rotatable bonds is 25. The maximum Gasteiger partial charge on any atom is 0.335 e. The fourth-order valence-electron chi connectivity index (χ4n) is 5.50. The van der Waals surface area contributed by atoms with Gasteiger partial charge in [0.25, 0.3) is 17.7 Å². The van der Waals surface area contributed by atoms with Crippen LogP contribution in [0, 0.1) is 19.8 Å². The number of Topliss-reactive ketones (excluding diaryl/α,β-unsaturated/α-hetero) is 1. The zero-order valence-corrected chi connectivity index (χ0v) is 34.0. The predicted molar refractivity (Wildman–Crippen MR) is 208 cm³/mol. The van der Waals surface area contributed by atoms with Crippen molar-refractivity contribution in [3.05, 3.63) is 95.1 Å². The summed E-state index contributed by atoms with van der Waals surface area (Å²) in [5.41, 5.74) is 1.98. The fourth-order valence-corrected chi connectivity index (χ4v) is 8.73. The Bertz CT molecular complexity index is 1990. The van der Waals surface area contributed by atoms with Gasteiger partial charge in [0, 0.05) is 30.5 Å². The molecule has 18 heteroatoms. The highest BCUT2D eigenvalue weighted by Crippen LogP contribution is 2.23. The van der Waals surface area contributed by atoms with Crippen molar-refractivity contribution in [2.24, 2.45) is 5.92 Å². The van der Waals surface area contributed by atoms with Crippen LogP contribution in [0.5, 0.6) is 0 Å². The van der Waals surface area contributed by atoms with Crippen molar-refractivity contribution in [1.29, 1.82) is 0 Å². The molecule has 0 unspecified atom stereocenters. The Morgan fingerprint density at radius 1 is 0.603 bits per heavy atom. The molecule has 16 nitrogen and oxygen atoms in total. The van der Waals surface area contributed by atoms with E-state index in [-0.39, 0.29) is 86.4 Å². The monoisotopic (exact) mass is 844 g/mol. The van der Waals surface area contributed by atoms with E-state index in [2.05, 4.69) is 5.32 Å². The van der Waals surface area contributed by atoms with Crippen molar-refractivity contribution in [2.75, 3.05) is 70.9 Å². The molecule has 0 aromatic heterocycles. The molecule has 3 aromatic rings. The van der Waals surface area contributed by atoms with Crippen LogP contribution in [-0.4, -0.2) is 122 Å². The van der Waals surface area contributed by atoms with Crippen molar-refractivity contribution in [3.63, 3.8) is 0 Å². The Hall–Kier alpha value is -4.85. The third kappa shape index (κ3) is 14.5. The van der Waals surface area contributed by atoms with Gasteiger partial charge in [-0.3, -0.25) is 19.2 Å². The summed E-state index contributed by atoms with van der Waals surface area (Å²) in [6, 6.07) is 17.8. The topological polar surface area (TPSA) is 215 Å². The molecule has 3 aromatic carbocycles. The van der Waals surface area contributed by atoms with E-state index in [1.165, 1.54) is 48.5 Å². The molecule has 1 saturated heterocycles. The normalized spacial score (nSPS) is 13.3. The molecule has 58 heavy (non-hydrogen) atoms. The summed E-state index contributed by atoms with van der Waals surface area (Å²) in [5, 5.41) is 3.20. The first-order valence-corrected chi connectivity index (χ1v) is 21.9. The number of benzene rings is 3. The number of hydrogen-bond acceptors (Lipinski definition) is 14. The molecule has 0 spiro atoms. The molecular weight excluding hydrogens is 797 g/mol. The van der Waals surface area contributed by atoms with Crippen LogP contribution in [-0.2, 0) is 57.8 Å². The number of imide groups is 1. The zero-order chi connectivity index (χ0) is 42.1. The maximum atomic E-state index is 13.7. The first-order valence-electron chi connectivity index (χ1n) is 18.5. The van der Waals surface area contributed by atoms with Crippen LogP contribution in [0.2, 0.25) is 0 Å². The van der Waals surface area contributed by atoms with Crippen LogP contribution in [0.25, 0.3) is 0 Å². The number of ketones is 1. The largest absolute Gasteiger partial charge is 0.378 e. The fraction of sp³-hybridized carbons (Fsp3) is 0.425. The molecule has 0 radical (unpaired) electrons. The molecule has 0 bridgehead atoms. The van der Waals surface area contributed by atoms with Gasteiger partial charge in [0.2, 0.25) is 0 Å². The summed E-state index contributed by atoms with van der Waals surface area (Å²) in [6.07, 6.45) is -0.0741. The van der Waals surface area contributed by atoms with Gasteiger partial charge in [-0.15, -0.1) is 5.06 Å². The number of amides is 3. The number of ether oxygens (including phenoxy) is 4. The molecule has 0 aliphatic carbocycles. The Kier molecular flexibility index (Phi) is 17.7. The Morgan fingerprint density at radius 3 is 1.48 bits per heavy atom. The highest BCUT2D eigenvalue weighted by molar-refractivity contribution is 7.92. The molecule has 1 aliphatic heterocycles. The van der Waals surface area contributed by atoms with Crippen LogP contribution < -0.4 is 5.32 Å². The van der Waals surface area contributed by atoms with Gasteiger partial charge in [-0.2, -0.15) is 0 Å². The van der Waals surface area contributed by atoms with Gasteiger partial charge in [-0.1, -0.05) is 47.5 Å². The second kappa shape index (κ2) is 22.3.